The highest BCUT2D eigenvalue weighted by Crippen LogP contribution is 2.19. The molecule has 1 aliphatic rings. The summed E-state index contributed by atoms with van der Waals surface area (Å²) < 4.78 is 14.2. The van der Waals surface area contributed by atoms with Crippen LogP contribution in [0.25, 0.3) is 0 Å². The second-order valence-electron chi connectivity index (χ2n) is 4.79. The van der Waals surface area contributed by atoms with Gasteiger partial charge in [0.2, 0.25) is 5.91 Å². The van der Waals surface area contributed by atoms with Gasteiger partial charge >= 0.3 is 0 Å². The number of nitrogens with one attached hydrogen (secondary N) is 1. The predicted molar refractivity (Wildman–Crippen MR) is 76.4 cm³/mol. The minimum atomic E-state index is -0.441. The van der Waals surface area contributed by atoms with Crippen molar-refractivity contribution in [2.24, 2.45) is 5.73 Å². The third-order valence-electron chi connectivity index (χ3n) is 3.20. The molecule has 0 spiro atoms. The lowest BCUT2D eigenvalue weighted by molar-refractivity contribution is -0.117. The first kappa shape index (κ1) is 14.4. The molecule has 1 heterocycles. The Balaban J connectivity index is 1.87. The lowest BCUT2D eigenvalue weighted by atomic mass is 10.1. The molecule has 0 radical (unpaired) electrons. The van der Waals surface area contributed by atoms with Crippen LogP contribution in [-0.4, -0.2) is 36.5 Å². The molecule has 4 nitrogen and oxygen atoms in total. The molecule has 104 valence electrons. The van der Waals surface area contributed by atoms with Crippen molar-refractivity contribution < 1.29 is 9.18 Å². The molecule has 19 heavy (non-hydrogen) atoms. The fraction of sp³-hybridized carbons (Fsp3) is 0.462. The molecule has 0 unspecified atom stereocenters. The maximum Gasteiger partial charge on any atom is 0.238 e. The van der Waals surface area contributed by atoms with Crippen LogP contribution in [0.5, 0.6) is 0 Å². The molecule has 1 aliphatic heterocycles. The zero-order valence-electron chi connectivity index (χ0n) is 10.5. The molecule has 2 rings (SSSR count). The number of carbonyl (C=O) groups is 1. The molecule has 1 aromatic carbocycles. The van der Waals surface area contributed by atoms with Crippen molar-refractivity contribution in [3.63, 3.8) is 0 Å². The summed E-state index contributed by atoms with van der Waals surface area (Å²) in [6.07, 6.45) is 1.81. The number of benzene rings is 1. The molecule has 1 amide bonds. The van der Waals surface area contributed by atoms with Crippen LogP contribution in [-0.2, 0) is 4.79 Å². The summed E-state index contributed by atoms with van der Waals surface area (Å²) >= 11 is 3.17. The first-order chi connectivity index (χ1) is 9.04. The van der Waals surface area contributed by atoms with Gasteiger partial charge in [-0.3, -0.25) is 9.69 Å². The van der Waals surface area contributed by atoms with Crippen LogP contribution in [0.2, 0.25) is 0 Å². The van der Waals surface area contributed by atoms with Crippen LogP contribution in [0.15, 0.2) is 22.7 Å². The van der Waals surface area contributed by atoms with Crippen molar-refractivity contribution >= 4 is 27.5 Å². The summed E-state index contributed by atoms with van der Waals surface area (Å²) in [5, 5.41) is 2.59. The van der Waals surface area contributed by atoms with E-state index in [9.17, 15) is 9.18 Å². The van der Waals surface area contributed by atoms with Gasteiger partial charge in [-0.1, -0.05) is 15.9 Å². The SMILES string of the molecule is NC1CCN(CC(=O)Nc2ccc(Br)cc2F)CC1. The van der Waals surface area contributed by atoms with Gasteiger partial charge in [0.25, 0.3) is 0 Å². The van der Waals surface area contributed by atoms with Gasteiger partial charge in [-0.25, -0.2) is 4.39 Å². The zero-order valence-corrected chi connectivity index (χ0v) is 12.1. The number of rotatable bonds is 3. The van der Waals surface area contributed by atoms with E-state index in [4.69, 9.17) is 5.73 Å². The number of likely N-dealkylation sites (tertiary alicyclic amines) is 1. The fourth-order valence-electron chi connectivity index (χ4n) is 2.09. The van der Waals surface area contributed by atoms with Crippen LogP contribution in [0, 0.1) is 5.82 Å². The Bertz CT molecular complexity index is 461. The molecule has 0 aliphatic carbocycles. The van der Waals surface area contributed by atoms with Crippen LogP contribution in [0.1, 0.15) is 12.8 Å². The first-order valence-electron chi connectivity index (χ1n) is 6.27. The van der Waals surface area contributed by atoms with Crippen LogP contribution in [0.3, 0.4) is 0 Å². The Morgan fingerprint density at radius 1 is 1.47 bits per heavy atom. The van der Waals surface area contributed by atoms with E-state index in [1.54, 1.807) is 12.1 Å². The lowest BCUT2D eigenvalue weighted by Gasteiger charge is -2.29. The predicted octanol–water partition coefficient (Wildman–Crippen LogP) is 1.95. The minimum Gasteiger partial charge on any atom is -0.328 e. The van der Waals surface area contributed by atoms with Crippen molar-refractivity contribution in [3.8, 4) is 0 Å². The second kappa shape index (κ2) is 6.45. The van der Waals surface area contributed by atoms with Crippen molar-refractivity contribution in [3.05, 3.63) is 28.5 Å². The molecular weight excluding hydrogens is 313 g/mol. The van der Waals surface area contributed by atoms with E-state index in [0.29, 0.717) is 4.47 Å². The molecule has 3 N–H and O–H groups in total. The van der Waals surface area contributed by atoms with Gasteiger partial charge in [0, 0.05) is 23.6 Å². The maximum absolute atomic E-state index is 13.6. The van der Waals surface area contributed by atoms with Gasteiger partial charge in [0.15, 0.2) is 0 Å². The van der Waals surface area contributed by atoms with E-state index in [1.807, 2.05) is 4.90 Å². The molecule has 0 aromatic heterocycles. The Kier molecular flexibility index (Phi) is 4.90. The Hall–Kier alpha value is -0.980. The zero-order chi connectivity index (χ0) is 13.8. The van der Waals surface area contributed by atoms with Crippen molar-refractivity contribution in [1.82, 2.24) is 4.90 Å². The highest BCUT2D eigenvalue weighted by molar-refractivity contribution is 9.10. The van der Waals surface area contributed by atoms with Crippen LogP contribution >= 0.6 is 15.9 Å². The Morgan fingerprint density at radius 3 is 2.79 bits per heavy atom. The molecule has 1 aromatic rings. The fourth-order valence-corrected chi connectivity index (χ4v) is 2.43. The van der Waals surface area contributed by atoms with E-state index in [1.165, 1.54) is 6.07 Å². The Labute approximate surface area is 120 Å². The second-order valence-corrected chi connectivity index (χ2v) is 5.70. The van der Waals surface area contributed by atoms with Gasteiger partial charge in [0.1, 0.15) is 5.82 Å². The number of nitrogens with zero attached hydrogens (tertiary/aromatic N) is 1. The van der Waals surface area contributed by atoms with E-state index in [2.05, 4.69) is 21.2 Å². The number of piperidine rings is 1. The summed E-state index contributed by atoms with van der Waals surface area (Å²) in [6, 6.07) is 4.81. The normalized spacial score (nSPS) is 17.4. The number of hydrogen-bond donors (Lipinski definition) is 2. The third-order valence-corrected chi connectivity index (χ3v) is 3.70. The topological polar surface area (TPSA) is 58.4 Å². The number of halogens is 2. The van der Waals surface area contributed by atoms with Gasteiger partial charge in [-0.05, 0) is 31.0 Å². The number of nitrogens with two attached hydrogens (primary N) is 1. The van der Waals surface area contributed by atoms with Crippen molar-refractivity contribution in [2.45, 2.75) is 18.9 Å². The molecule has 0 atom stereocenters. The third kappa shape index (κ3) is 4.26. The van der Waals surface area contributed by atoms with E-state index >= 15 is 0 Å². The smallest absolute Gasteiger partial charge is 0.238 e. The Morgan fingerprint density at radius 2 is 2.16 bits per heavy atom. The molecule has 0 bridgehead atoms. The lowest BCUT2D eigenvalue weighted by Crippen LogP contribution is -2.43. The molecule has 6 heteroatoms. The highest BCUT2D eigenvalue weighted by Gasteiger charge is 2.18. The molecule has 1 saturated heterocycles. The average molecular weight is 330 g/mol. The molecule has 0 saturated carbocycles. The monoisotopic (exact) mass is 329 g/mol. The van der Waals surface area contributed by atoms with Gasteiger partial charge in [-0.2, -0.15) is 0 Å². The van der Waals surface area contributed by atoms with Gasteiger partial charge < -0.3 is 11.1 Å². The maximum atomic E-state index is 13.6. The number of anilines is 1. The average Bonchev–Trinajstić information content (AvgIpc) is 2.36. The minimum absolute atomic E-state index is 0.198. The van der Waals surface area contributed by atoms with Crippen molar-refractivity contribution in [2.75, 3.05) is 25.0 Å². The number of carbonyl (C=O) groups excluding carboxylic acids is 1. The number of amides is 1. The largest absolute Gasteiger partial charge is 0.328 e. The van der Waals surface area contributed by atoms with Gasteiger partial charge in [-0.15, -0.1) is 0 Å². The quantitative estimate of drug-likeness (QED) is 0.891. The van der Waals surface area contributed by atoms with Crippen LogP contribution in [0.4, 0.5) is 10.1 Å². The summed E-state index contributed by atoms with van der Waals surface area (Å²) in [5.41, 5.74) is 6.01. The molecule has 1 fully saturated rings. The van der Waals surface area contributed by atoms with E-state index < -0.39 is 5.82 Å². The molecular formula is C13H17BrFN3O. The first-order valence-corrected chi connectivity index (χ1v) is 7.07. The van der Waals surface area contributed by atoms with E-state index in [0.717, 1.165) is 25.9 Å². The summed E-state index contributed by atoms with van der Waals surface area (Å²) in [7, 11) is 0. The summed E-state index contributed by atoms with van der Waals surface area (Å²) in [5.74, 6) is -0.639. The summed E-state index contributed by atoms with van der Waals surface area (Å²) in [4.78, 5) is 13.9. The highest BCUT2D eigenvalue weighted by atomic mass is 79.9. The van der Waals surface area contributed by atoms with E-state index in [-0.39, 0.29) is 24.2 Å². The standard InChI is InChI=1S/C13H17BrFN3O/c14-9-1-2-12(11(15)7-9)17-13(19)8-18-5-3-10(16)4-6-18/h1-2,7,10H,3-6,8,16H2,(H,17,19). The summed E-state index contributed by atoms with van der Waals surface area (Å²) in [6.45, 7) is 1.91. The number of hydrogen-bond acceptors (Lipinski definition) is 3. The van der Waals surface area contributed by atoms with Gasteiger partial charge in [0.05, 0.1) is 12.2 Å². The van der Waals surface area contributed by atoms with Crippen LogP contribution < -0.4 is 11.1 Å². The van der Waals surface area contributed by atoms with Crippen molar-refractivity contribution in [1.29, 1.82) is 0 Å².